The van der Waals surface area contributed by atoms with Crippen LogP contribution in [-0.2, 0) is 11.8 Å². The standard InChI is InChI=1S/C8H12N2O2S/c1-6(5-7(11)12)13-8-9-3-4-10(8)2/h3-4,6H,5H2,1-2H3,(H,11,12). The third-order valence-electron chi connectivity index (χ3n) is 1.55. The molecule has 0 aliphatic rings. The fraction of sp³-hybridized carbons (Fsp3) is 0.500. The molecule has 13 heavy (non-hydrogen) atoms. The van der Waals surface area contributed by atoms with Gasteiger partial charge in [-0.15, -0.1) is 0 Å². The third-order valence-corrected chi connectivity index (χ3v) is 2.72. The molecule has 1 rings (SSSR count). The number of rotatable bonds is 4. The Bertz CT molecular complexity index is 298. The van der Waals surface area contributed by atoms with Gasteiger partial charge in [0.05, 0.1) is 6.42 Å². The highest BCUT2D eigenvalue weighted by molar-refractivity contribution is 7.99. The fourth-order valence-electron chi connectivity index (χ4n) is 0.933. The Kier molecular flexibility index (Phi) is 3.36. The van der Waals surface area contributed by atoms with Crippen molar-refractivity contribution in [2.24, 2.45) is 7.05 Å². The Labute approximate surface area is 81.0 Å². The van der Waals surface area contributed by atoms with Gasteiger partial charge >= 0.3 is 5.97 Å². The van der Waals surface area contributed by atoms with E-state index in [9.17, 15) is 4.79 Å². The summed E-state index contributed by atoms with van der Waals surface area (Å²) in [5.41, 5.74) is 0. The molecule has 0 saturated heterocycles. The van der Waals surface area contributed by atoms with Crippen LogP contribution in [0, 0.1) is 0 Å². The highest BCUT2D eigenvalue weighted by Crippen LogP contribution is 2.22. The molecule has 1 N–H and O–H groups in total. The van der Waals surface area contributed by atoms with Crippen molar-refractivity contribution in [3.8, 4) is 0 Å². The normalized spacial score (nSPS) is 12.8. The van der Waals surface area contributed by atoms with Crippen molar-refractivity contribution in [1.29, 1.82) is 0 Å². The first-order chi connectivity index (χ1) is 6.09. The predicted molar refractivity (Wildman–Crippen MR) is 50.8 cm³/mol. The number of hydrogen-bond acceptors (Lipinski definition) is 3. The number of carboxylic acids is 1. The number of thioether (sulfide) groups is 1. The minimum absolute atomic E-state index is 0.0543. The van der Waals surface area contributed by atoms with E-state index in [2.05, 4.69) is 4.98 Å². The minimum atomic E-state index is -0.769. The molecule has 72 valence electrons. The summed E-state index contributed by atoms with van der Waals surface area (Å²) in [6, 6.07) is 0. The smallest absolute Gasteiger partial charge is 0.304 e. The summed E-state index contributed by atoms with van der Waals surface area (Å²) in [4.78, 5) is 14.5. The second-order valence-corrected chi connectivity index (χ2v) is 4.25. The first kappa shape index (κ1) is 10.1. The van der Waals surface area contributed by atoms with Gasteiger partial charge in [0.1, 0.15) is 0 Å². The van der Waals surface area contributed by atoms with Gasteiger partial charge in [-0.1, -0.05) is 18.7 Å². The van der Waals surface area contributed by atoms with Crippen molar-refractivity contribution in [2.45, 2.75) is 23.8 Å². The zero-order chi connectivity index (χ0) is 9.84. The summed E-state index contributed by atoms with van der Waals surface area (Å²) in [7, 11) is 1.89. The van der Waals surface area contributed by atoms with Crippen molar-refractivity contribution in [2.75, 3.05) is 0 Å². The van der Waals surface area contributed by atoms with Gasteiger partial charge in [-0.25, -0.2) is 4.98 Å². The Morgan fingerprint density at radius 3 is 3.00 bits per heavy atom. The van der Waals surface area contributed by atoms with Gasteiger partial charge in [0, 0.05) is 24.7 Å². The van der Waals surface area contributed by atoms with Gasteiger partial charge in [-0.3, -0.25) is 4.79 Å². The largest absolute Gasteiger partial charge is 0.481 e. The zero-order valence-electron chi connectivity index (χ0n) is 7.60. The zero-order valence-corrected chi connectivity index (χ0v) is 8.41. The van der Waals surface area contributed by atoms with Crippen LogP contribution in [0.4, 0.5) is 0 Å². The maximum absolute atomic E-state index is 10.4. The number of carbonyl (C=O) groups is 1. The molecule has 0 spiro atoms. The van der Waals surface area contributed by atoms with Crippen molar-refractivity contribution >= 4 is 17.7 Å². The van der Waals surface area contributed by atoms with Crippen LogP contribution >= 0.6 is 11.8 Å². The average Bonchev–Trinajstić information content (AvgIpc) is 2.34. The molecular weight excluding hydrogens is 188 g/mol. The molecule has 4 nitrogen and oxygen atoms in total. The van der Waals surface area contributed by atoms with Crippen LogP contribution in [0.15, 0.2) is 17.6 Å². The Balaban J connectivity index is 2.49. The fourth-order valence-corrected chi connectivity index (χ4v) is 1.87. The lowest BCUT2D eigenvalue weighted by Crippen LogP contribution is -2.06. The van der Waals surface area contributed by atoms with Crippen LogP contribution < -0.4 is 0 Å². The molecule has 0 radical (unpaired) electrons. The van der Waals surface area contributed by atoms with E-state index in [1.165, 1.54) is 11.8 Å². The molecule has 0 bridgehead atoms. The number of nitrogens with zero attached hydrogens (tertiary/aromatic N) is 2. The molecule has 0 saturated carbocycles. The van der Waals surface area contributed by atoms with Gasteiger partial charge < -0.3 is 9.67 Å². The van der Waals surface area contributed by atoms with Crippen LogP contribution in [0.5, 0.6) is 0 Å². The lowest BCUT2D eigenvalue weighted by atomic mass is 10.3. The minimum Gasteiger partial charge on any atom is -0.481 e. The molecule has 1 unspecified atom stereocenters. The van der Waals surface area contributed by atoms with E-state index in [1.807, 2.05) is 24.7 Å². The van der Waals surface area contributed by atoms with Crippen molar-refractivity contribution in [1.82, 2.24) is 9.55 Å². The van der Waals surface area contributed by atoms with Crippen LogP contribution in [0.3, 0.4) is 0 Å². The van der Waals surface area contributed by atoms with E-state index >= 15 is 0 Å². The van der Waals surface area contributed by atoms with Crippen molar-refractivity contribution in [3.05, 3.63) is 12.4 Å². The van der Waals surface area contributed by atoms with Crippen LogP contribution in [0.2, 0.25) is 0 Å². The summed E-state index contributed by atoms with van der Waals surface area (Å²) >= 11 is 1.48. The highest BCUT2D eigenvalue weighted by Gasteiger charge is 2.11. The van der Waals surface area contributed by atoms with E-state index in [0.717, 1.165) is 5.16 Å². The summed E-state index contributed by atoms with van der Waals surface area (Å²) < 4.78 is 1.88. The Morgan fingerprint density at radius 2 is 2.54 bits per heavy atom. The lowest BCUT2D eigenvalue weighted by molar-refractivity contribution is -0.136. The molecule has 1 aromatic heterocycles. The molecule has 1 heterocycles. The van der Waals surface area contributed by atoms with Crippen LogP contribution in [-0.4, -0.2) is 25.9 Å². The number of aryl methyl sites for hydroxylation is 1. The van der Waals surface area contributed by atoms with E-state index in [1.54, 1.807) is 6.20 Å². The number of carboxylic acid groups (broad SMARTS) is 1. The monoisotopic (exact) mass is 200 g/mol. The van der Waals surface area contributed by atoms with E-state index in [-0.39, 0.29) is 11.7 Å². The molecule has 0 aromatic carbocycles. The first-order valence-electron chi connectivity index (χ1n) is 3.95. The molecule has 0 amide bonds. The van der Waals surface area contributed by atoms with Crippen LogP contribution in [0.1, 0.15) is 13.3 Å². The average molecular weight is 200 g/mol. The predicted octanol–water partition coefficient (Wildman–Crippen LogP) is 1.38. The van der Waals surface area contributed by atoms with Gasteiger partial charge in [-0.2, -0.15) is 0 Å². The molecule has 1 aromatic rings. The summed E-state index contributed by atoms with van der Waals surface area (Å²) in [5, 5.41) is 9.45. The van der Waals surface area contributed by atoms with Crippen molar-refractivity contribution < 1.29 is 9.90 Å². The Morgan fingerprint density at radius 1 is 1.85 bits per heavy atom. The van der Waals surface area contributed by atoms with E-state index in [0.29, 0.717) is 0 Å². The second kappa shape index (κ2) is 4.32. The van der Waals surface area contributed by atoms with Gasteiger partial charge in [0.15, 0.2) is 5.16 Å². The lowest BCUT2D eigenvalue weighted by Gasteiger charge is -2.07. The maximum atomic E-state index is 10.4. The van der Waals surface area contributed by atoms with E-state index < -0.39 is 5.97 Å². The molecule has 5 heteroatoms. The molecule has 0 aliphatic heterocycles. The maximum Gasteiger partial charge on any atom is 0.304 e. The topological polar surface area (TPSA) is 55.1 Å². The highest BCUT2D eigenvalue weighted by atomic mass is 32.2. The van der Waals surface area contributed by atoms with Crippen molar-refractivity contribution in [3.63, 3.8) is 0 Å². The second-order valence-electron chi connectivity index (χ2n) is 2.85. The molecule has 1 atom stereocenters. The molecular formula is C8H12N2O2S. The molecule has 0 fully saturated rings. The SMILES string of the molecule is CC(CC(=O)O)Sc1nccn1C. The molecule has 0 aliphatic carbocycles. The van der Waals surface area contributed by atoms with Gasteiger partial charge in [-0.05, 0) is 0 Å². The van der Waals surface area contributed by atoms with E-state index in [4.69, 9.17) is 5.11 Å². The Hall–Kier alpha value is -0.970. The van der Waals surface area contributed by atoms with Gasteiger partial charge in [0.25, 0.3) is 0 Å². The van der Waals surface area contributed by atoms with Crippen LogP contribution in [0.25, 0.3) is 0 Å². The van der Waals surface area contributed by atoms with Gasteiger partial charge in [0.2, 0.25) is 0 Å². The summed E-state index contributed by atoms with van der Waals surface area (Å²) in [5.74, 6) is -0.769. The summed E-state index contributed by atoms with van der Waals surface area (Å²) in [6.07, 6.45) is 3.71. The third kappa shape index (κ3) is 3.10. The number of aliphatic carboxylic acids is 1. The number of hydrogen-bond donors (Lipinski definition) is 1. The first-order valence-corrected chi connectivity index (χ1v) is 4.83. The summed E-state index contributed by atoms with van der Waals surface area (Å²) in [6.45, 7) is 1.88. The number of aromatic nitrogens is 2. The number of imidazole rings is 1. The quantitative estimate of drug-likeness (QED) is 0.746.